The third kappa shape index (κ3) is 5.43. The van der Waals surface area contributed by atoms with Gasteiger partial charge < -0.3 is 10.1 Å². The van der Waals surface area contributed by atoms with Crippen LogP contribution in [0.1, 0.15) is 12.5 Å². The molecule has 1 N–H and O–H groups in total. The Morgan fingerprint density at radius 2 is 1.75 bits per heavy atom. The Morgan fingerprint density at radius 3 is 2.32 bits per heavy atom. The molecule has 7 nitrogen and oxygen atoms in total. The van der Waals surface area contributed by atoms with E-state index >= 15 is 0 Å². The number of anilines is 1. The van der Waals surface area contributed by atoms with Gasteiger partial charge in [-0.2, -0.15) is 12.7 Å². The van der Waals surface area contributed by atoms with E-state index in [1.807, 2.05) is 6.92 Å². The zero-order valence-electron chi connectivity index (χ0n) is 16.1. The fourth-order valence-corrected chi connectivity index (χ4v) is 3.47. The predicted molar refractivity (Wildman–Crippen MR) is 106 cm³/mol. The monoisotopic (exact) mass is 409 g/mol. The van der Waals surface area contributed by atoms with E-state index in [9.17, 15) is 17.6 Å². The van der Waals surface area contributed by atoms with E-state index in [0.29, 0.717) is 6.61 Å². The molecule has 0 spiro atoms. The molecule has 0 fully saturated rings. The van der Waals surface area contributed by atoms with Gasteiger partial charge in [0.25, 0.3) is 0 Å². The first kappa shape index (κ1) is 21.6. The molecule has 0 saturated carbocycles. The first-order valence-electron chi connectivity index (χ1n) is 8.69. The van der Waals surface area contributed by atoms with Crippen LogP contribution in [0.2, 0.25) is 0 Å². The van der Waals surface area contributed by atoms with Crippen LogP contribution in [-0.4, -0.2) is 45.9 Å². The van der Waals surface area contributed by atoms with Crippen LogP contribution in [0.4, 0.5) is 10.1 Å². The molecule has 0 atom stereocenters. The summed E-state index contributed by atoms with van der Waals surface area (Å²) in [5.41, 5.74) is 0.636. The Hall–Kier alpha value is -2.65. The highest BCUT2D eigenvalue weighted by atomic mass is 32.2. The number of carbonyl (C=O) groups excluding carboxylic acids is 1. The minimum atomic E-state index is -4.06. The third-order valence-corrected chi connectivity index (χ3v) is 5.68. The van der Waals surface area contributed by atoms with E-state index in [-0.39, 0.29) is 12.2 Å². The molecule has 28 heavy (non-hydrogen) atoms. The number of nitrogens with zero attached hydrogens (tertiary/aromatic N) is 2. The average molecular weight is 409 g/mol. The van der Waals surface area contributed by atoms with Crippen LogP contribution in [0, 0.1) is 5.82 Å². The summed E-state index contributed by atoms with van der Waals surface area (Å²) in [4.78, 5) is 12.4. The highest BCUT2D eigenvalue weighted by Gasteiger charge is 2.29. The number of carbonyl (C=O) groups is 1. The van der Waals surface area contributed by atoms with Crippen molar-refractivity contribution in [2.45, 2.75) is 13.5 Å². The lowest BCUT2D eigenvalue weighted by Gasteiger charge is -2.27. The van der Waals surface area contributed by atoms with Crippen molar-refractivity contribution in [2.75, 3.05) is 31.6 Å². The van der Waals surface area contributed by atoms with Crippen LogP contribution >= 0.6 is 0 Å². The van der Waals surface area contributed by atoms with Crippen LogP contribution in [0.25, 0.3) is 0 Å². The summed E-state index contributed by atoms with van der Waals surface area (Å²) >= 11 is 0. The maximum Gasteiger partial charge on any atom is 0.304 e. The molecule has 0 bridgehead atoms. The second kappa shape index (κ2) is 9.52. The summed E-state index contributed by atoms with van der Waals surface area (Å²) in [5, 5.41) is 2.65. The van der Waals surface area contributed by atoms with Crippen molar-refractivity contribution in [3.05, 3.63) is 59.9 Å². The number of ether oxygens (including phenoxy) is 1. The quantitative estimate of drug-likeness (QED) is 0.688. The van der Waals surface area contributed by atoms with E-state index in [0.717, 1.165) is 26.0 Å². The maximum atomic E-state index is 14.2. The third-order valence-electron chi connectivity index (χ3n) is 3.87. The number of rotatable bonds is 9. The predicted octanol–water partition coefficient (Wildman–Crippen LogP) is 2.15. The molecule has 1 amide bonds. The highest BCUT2D eigenvalue weighted by Crippen LogP contribution is 2.22. The van der Waals surface area contributed by atoms with Crippen molar-refractivity contribution in [2.24, 2.45) is 0 Å². The van der Waals surface area contributed by atoms with Gasteiger partial charge in [0.05, 0.1) is 12.3 Å². The van der Waals surface area contributed by atoms with Crippen molar-refractivity contribution in [1.82, 2.24) is 9.62 Å². The molecule has 0 aliphatic heterocycles. The number of hydrogen-bond donors (Lipinski definition) is 1. The molecule has 0 saturated heterocycles. The summed E-state index contributed by atoms with van der Waals surface area (Å²) in [6.07, 6.45) is 0. The summed E-state index contributed by atoms with van der Waals surface area (Å²) in [7, 11) is -1.41. The molecule has 2 aromatic carbocycles. The lowest BCUT2D eigenvalue weighted by atomic mass is 10.2. The Bertz CT molecular complexity index is 902. The minimum absolute atomic E-state index is 0.188. The Labute approximate surface area is 164 Å². The zero-order chi connectivity index (χ0) is 20.7. The molecule has 2 rings (SSSR count). The zero-order valence-corrected chi connectivity index (χ0v) is 16.9. The number of nitrogens with one attached hydrogen (secondary N) is 1. The Morgan fingerprint density at radius 1 is 1.11 bits per heavy atom. The van der Waals surface area contributed by atoms with Crippen molar-refractivity contribution in [3.63, 3.8) is 0 Å². The largest absolute Gasteiger partial charge is 0.494 e. The summed E-state index contributed by atoms with van der Waals surface area (Å²) in [6.45, 7) is 2.11. The fourth-order valence-electron chi connectivity index (χ4n) is 2.40. The standard InChI is InChI=1S/C19H24FN3O4S/c1-4-27-16-11-9-15(10-12-16)13-21-19(24)14-23(28(25,26)22(2)3)18-8-6-5-7-17(18)20/h5-12H,4,13-14H2,1-3H3,(H,21,24). The van der Waals surface area contributed by atoms with Crippen LogP contribution in [0.5, 0.6) is 5.75 Å². The molecule has 2 aromatic rings. The molecular weight excluding hydrogens is 385 g/mol. The van der Waals surface area contributed by atoms with E-state index in [1.54, 1.807) is 24.3 Å². The molecule has 152 valence electrons. The second-order valence-electron chi connectivity index (χ2n) is 6.10. The molecular formula is C19H24FN3O4S. The lowest BCUT2D eigenvalue weighted by Crippen LogP contribution is -2.46. The van der Waals surface area contributed by atoms with E-state index in [1.165, 1.54) is 32.3 Å². The van der Waals surface area contributed by atoms with Gasteiger partial charge in [0.1, 0.15) is 18.1 Å². The summed E-state index contributed by atoms with van der Waals surface area (Å²) in [6, 6.07) is 12.6. The number of benzene rings is 2. The first-order valence-corrected chi connectivity index (χ1v) is 10.1. The van der Waals surface area contributed by atoms with Crippen molar-refractivity contribution >= 4 is 21.8 Å². The van der Waals surface area contributed by atoms with Gasteiger partial charge in [-0.3, -0.25) is 4.79 Å². The number of hydrogen-bond acceptors (Lipinski definition) is 4. The normalized spacial score (nSPS) is 11.3. The van der Waals surface area contributed by atoms with Crippen molar-refractivity contribution in [3.8, 4) is 5.75 Å². The Balaban J connectivity index is 2.11. The van der Waals surface area contributed by atoms with Gasteiger partial charge in [-0.15, -0.1) is 0 Å². The fraction of sp³-hybridized carbons (Fsp3) is 0.316. The maximum absolute atomic E-state index is 14.2. The van der Waals surface area contributed by atoms with Crippen LogP contribution in [0.15, 0.2) is 48.5 Å². The van der Waals surface area contributed by atoms with E-state index in [2.05, 4.69) is 5.32 Å². The molecule has 9 heteroatoms. The van der Waals surface area contributed by atoms with Crippen LogP contribution < -0.4 is 14.4 Å². The van der Waals surface area contributed by atoms with E-state index < -0.39 is 28.5 Å². The number of halogens is 1. The molecule has 0 aliphatic carbocycles. The summed E-state index contributed by atoms with van der Waals surface area (Å²) in [5.74, 6) is -0.560. The minimum Gasteiger partial charge on any atom is -0.494 e. The van der Waals surface area contributed by atoms with Gasteiger partial charge in [-0.05, 0) is 36.8 Å². The van der Waals surface area contributed by atoms with Gasteiger partial charge >= 0.3 is 10.2 Å². The van der Waals surface area contributed by atoms with Gasteiger partial charge in [0.15, 0.2) is 0 Å². The van der Waals surface area contributed by atoms with Crippen LogP contribution in [-0.2, 0) is 21.5 Å². The molecule has 0 unspecified atom stereocenters. The summed E-state index contributed by atoms with van der Waals surface area (Å²) < 4.78 is 46.4. The molecule has 0 radical (unpaired) electrons. The van der Waals surface area contributed by atoms with Gasteiger partial charge in [0, 0.05) is 20.6 Å². The molecule has 0 aromatic heterocycles. The lowest BCUT2D eigenvalue weighted by molar-refractivity contribution is -0.119. The van der Waals surface area contributed by atoms with Crippen molar-refractivity contribution < 1.29 is 22.3 Å². The SMILES string of the molecule is CCOc1ccc(CNC(=O)CN(c2ccccc2F)S(=O)(=O)N(C)C)cc1. The average Bonchev–Trinajstić information content (AvgIpc) is 2.66. The van der Waals surface area contributed by atoms with Gasteiger partial charge in [-0.1, -0.05) is 24.3 Å². The van der Waals surface area contributed by atoms with E-state index in [4.69, 9.17) is 4.74 Å². The first-order chi connectivity index (χ1) is 13.3. The Kier molecular flexibility index (Phi) is 7.36. The van der Waals surface area contributed by atoms with Gasteiger partial charge in [0.2, 0.25) is 5.91 Å². The van der Waals surface area contributed by atoms with Crippen molar-refractivity contribution in [1.29, 1.82) is 0 Å². The molecule has 0 aliphatic rings. The van der Waals surface area contributed by atoms with Gasteiger partial charge in [-0.25, -0.2) is 8.70 Å². The number of amides is 1. The topological polar surface area (TPSA) is 79.0 Å². The molecule has 0 heterocycles. The smallest absolute Gasteiger partial charge is 0.304 e. The number of para-hydroxylation sites is 1. The second-order valence-corrected chi connectivity index (χ2v) is 8.17. The van der Waals surface area contributed by atoms with Crippen LogP contribution in [0.3, 0.4) is 0 Å². The highest BCUT2D eigenvalue weighted by molar-refractivity contribution is 7.90.